The second-order valence-corrected chi connectivity index (χ2v) is 5.85. The van der Waals surface area contributed by atoms with E-state index in [2.05, 4.69) is 5.32 Å². The third-order valence-corrected chi connectivity index (χ3v) is 4.13. The second-order valence-electron chi connectivity index (χ2n) is 5.00. The third kappa shape index (κ3) is 3.85. The number of carbonyl (C=O) groups excluding carboxylic acids is 1. The molecule has 3 N–H and O–H groups in total. The summed E-state index contributed by atoms with van der Waals surface area (Å²) in [6.07, 6.45) is 5.81. The Balaban J connectivity index is 2.17. The summed E-state index contributed by atoms with van der Waals surface area (Å²) in [4.78, 5) is 11.7. The van der Waals surface area contributed by atoms with Crippen LogP contribution < -0.4 is 11.1 Å². The second kappa shape index (κ2) is 6.60. The van der Waals surface area contributed by atoms with Crippen LogP contribution >= 0.6 is 23.2 Å². The molecule has 1 saturated carbocycles. The molecule has 3 nitrogen and oxygen atoms in total. The lowest BCUT2D eigenvalue weighted by Gasteiger charge is -2.27. The Morgan fingerprint density at radius 3 is 2.53 bits per heavy atom. The van der Waals surface area contributed by atoms with Crippen LogP contribution in [0, 0.1) is 0 Å². The summed E-state index contributed by atoms with van der Waals surface area (Å²) in [7, 11) is 0. The van der Waals surface area contributed by atoms with E-state index in [9.17, 15) is 4.79 Å². The molecule has 1 aliphatic rings. The van der Waals surface area contributed by atoms with E-state index in [0.29, 0.717) is 21.7 Å². The summed E-state index contributed by atoms with van der Waals surface area (Å²) in [5.74, 6) is -0.408. The van der Waals surface area contributed by atoms with Crippen LogP contribution in [-0.4, -0.2) is 11.9 Å². The van der Waals surface area contributed by atoms with Crippen LogP contribution in [0.5, 0.6) is 0 Å². The fourth-order valence-corrected chi connectivity index (χ4v) is 3.08. The Kier molecular flexibility index (Phi) is 5.08. The van der Waals surface area contributed by atoms with Crippen molar-refractivity contribution >= 4 is 29.1 Å². The number of carbonyl (C=O) groups is 1. The number of amides is 1. The quantitative estimate of drug-likeness (QED) is 0.895. The number of halogens is 2. The van der Waals surface area contributed by atoms with Crippen molar-refractivity contribution in [2.45, 2.75) is 44.2 Å². The molecule has 1 aromatic carbocycles. The van der Waals surface area contributed by atoms with Gasteiger partial charge in [0, 0.05) is 16.1 Å². The van der Waals surface area contributed by atoms with Gasteiger partial charge in [-0.25, -0.2) is 0 Å². The molecular weight excluding hydrogens is 283 g/mol. The first-order chi connectivity index (χ1) is 9.08. The molecular formula is C14H18Cl2N2O. The van der Waals surface area contributed by atoms with Crippen molar-refractivity contribution in [2.24, 2.45) is 5.73 Å². The van der Waals surface area contributed by atoms with Gasteiger partial charge in [0.2, 0.25) is 5.91 Å². The van der Waals surface area contributed by atoms with Gasteiger partial charge in [-0.05, 0) is 30.5 Å². The summed E-state index contributed by atoms with van der Waals surface area (Å²) in [5, 5.41) is 4.35. The molecule has 0 radical (unpaired) electrons. The number of nitrogens with two attached hydrogens (primary N) is 1. The zero-order valence-electron chi connectivity index (χ0n) is 10.7. The summed E-state index contributed by atoms with van der Waals surface area (Å²) in [6, 6.07) is 4.90. The SMILES string of the molecule is NC(=O)C(NC1CCCCC1)c1ccc(Cl)cc1Cl. The zero-order chi connectivity index (χ0) is 13.8. The van der Waals surface area contributed by atoms with E-state index in [-0.39, 0.29) is 0 Å². The van der Waals surface area contributed by atoms with E-state index in [0.717, 1.165) is 12.8 Å². The van der Waals surface area contributed by atoms with Crippen LogP contribution in [-0.2, 0) is 4.79 Å². The molecule has 104 valence electrons. The van der Waals surface area contributed by atoms with Crippen LogP contribution in [0.2, 0.25) is 10.0 Å². The van der Waals surface area contributed by atoms with E-state index < -0.39 is 11.9 Å². The first-order valence-electron chi connectivity index (χ1n) is 6.58. The minimum absolute atomic E-state index is 0.331. The van der Waals surface area contributed by atoms with Gasteiger partial charge in [0.25, 0.3) is 0 Å². The largest absolute Gasteiger partial charge is 0.368 e. The molecule has 1 atom stereocenters. The molecule has 2 rings (SSSR count). The predicted molar refractivity (Wildman–Crippen MR) is 78.4 cm³/mol. The first kappa shape index (κ1) is 14.6. The first-order valence-corrected chi connectivity index (χ1v) is 7.34. The van der Waals surface area contributed by atoms with Gasteiger partial charge in [-0.3, -0.25) is 10.1 Å². The summed E-state index contributed by atoms with van der Waals surface area (Å²) in [5.41, 5.74) is 6.20. The molecule has 1 aromatic rings. The molecule has 5 heteroatoms. The van der Waals surface area contributed by atoms with E-state index in [1.165, 1.54) is 19.3 Å². The van der Waals surface area contributed by atoms with E-state index in [4.69, 9.17) is 28.9 Å². The fourth-order valence-electron chi connectivity index (χ4n) is 2.57. The minimum atomic E-state index is -0.548. The van der Waals surface area contributed by atoms with Gasteiger partial charge >= 0.3 is 0 Å². The molecule has 1 fully saturated rings. The van der Waals surface area contributed by atoms with Gasteiger partial charge in [0.15, 0.2) is 0 Å². The topological polar surface area (TPSA) is 55.1 Å². The Bertz CT molecular complexity index is 459. The Labute approximate surface area is 123 Å². The smallest absolute Gasteiger partial charge is 0.239 e. The van der Waals surface area contributed by atoms with Gasteiger partial charge in [-0.2, -0.15) is 0 Å². The highest BCUT2D eigenvalue weighted by molar-refractivity contribution is 6.35. The molecule has 1 unspecified atom stereocenters. The average Bonchev–Trinajstić information content (AvgIpc) is 2.38. The highest BCUT2D eigenvalue weighted by atomic mass is 35.5. The molecule has 0 aromatic heterocycles. The van der Waals surface area contributed by atoms with Crippen molar-refractivity contribution in [1.82, 2.24) is 5.32 Å². The lowest BCUT2D eigenvalue weighted by atomic mass is 9.94. The molecule has 0 spiro atoms. The standard InChI is InChI=1S/C14H18Cl2N2O/c15-9-6-7-11(12(16)8-9)13(14(17)19)18-10-4-2-1-3-5-10/h6-8,10,13,18H,1-5H2,(H2,17,19). The maximum Gasteiger partial charge on any atom is 0.239 e. The van der Waals surface area contributed by atoms with Crippen molar-refractivity contribution in [3.05, 3.63) is 33.8 Å². The summed E-state index contributed by atoms with van der Waals surface area (Å²) < 4.78 is 0. The molecule has 1 amide bonds. The highest BCUT2D eigenvalue weighted by Gasteiger charge is 2.24. The summed E-state index contributed by atoms with van der Waals surface area (Å²) in [6.45, 7) is 0. The molecule has 1 aliphatic carbocycles. The van der Waals surface area contributed by atoms with Crippen LogP contribution in [0.15, 0.2) is 18.2 Å². The molecule has 0 heterocycles. The van der Waals surface area contributed by atoms with Crippen LogP contribution in [0.3, 0.4) is 0 Å². The van der Waals surface area contributed by atoms with Gasteiger partial charge in [0.1, 0.15) is 6.04 Å². The molecule has 19 heavy (non-hydrogen) atoms. The van der Waals surface area contributed by atoms with Crippen molar-refractivity contribution in [3.8, 4) is 0 Å². The van der Waals surface area contributed by atoms with Crippen molar-refractivity contribution in [3.63, 3.8) is 0 Å². The van der Waals surface area contributed by atoms with Gasteiger partial charge in [0.05, 0.1) is 0 Å². The van der Waals surface area contributed by atoms with E-state index in [1.807, 2.05) is 0 Å². The number of hydrogen-bond donors (Lipinski definition) is 2. The van der Waals surface area contributed by atoms with Crippen molar-refractivity contribution < 1.29 is 4.79 Å². The molecule has 0 aliphatic heterocycles. The fraction of sp³-hybridized carbons (Fsp3) is 0.500. The highest BCUT2D eigenvalue weighted by Crippen LogP contribution is 2.28. The average molecular weight is 301 g/mol. The molecule has 0 saturated heterocycles. The van der Waals surface area contributed by atoms with Crippen LogP contribution in [0.4, 0.5) is 0 Å². The van der Waals surface area contributed by atoms with E-state index >= 15 is 0 Å². The normalized spacial score (nSPS) is 18.2. The van der Waals surface area contributed by atoms with Gasteiger partial charge in [-0.15, -0.1) is 0 Å². The van der Waals surface area contributed by atoms with Gasteiger partial charge in [-0.1, -0.05) is 48.5 Å². The van der Waals surface area contributed by atoms with Crippen molar-refractivity contribution in [2.75, 3.05) is 0 Å². The Morgan fingerprint density at radius 2 is 1.95 bits per heavy atom. The monoisotopic (exact) mass is 300 g/mol. The Hall–Kier alpha value is -0.770. The number of benzene rings is 1. The lowest BCUT2D eigenvalue weighted by Crippen LogP contribution is -2.41. The maximum absolute atomic E-state index is 11.7. The minimum Gasteiger partial charge on any atom is -0.368 e. The molecule has 0 bridgehead atoms. The number of nitrogens with one attached hydrogen (secondary N) is 1. The maximum atomic E-state index is 11.7. The lowest BCUT2D eigenvalue weighted by molar-refractivity contribution is -0.120. The van der Waals surface area contributed by atoms with Gasteiger partial charge < -0.3 is 5.73 Å². The van der Waals surface area contributed by atoms with Crippen LogP contribution in [0.25, 0.3) is 0 Å². The van der Waals surface area contributed by atoms with E-state index in [1.54, 1.807) is 18.2 Å². The van der Waals surface area contributed by atoms with Crippen molar-refractivity contribution in [1.29, 1.82) is 0 Å². The Morgan fingerprint density at radius 1 is 1.26 bits per heavy atom. The number of rotatable bonds is 4. The zero-order valence-corrected chi connectivity index (χ0v) is 12.2. The number of hydrogen-bond acceptors (Lipinski definition) is 2. The number of primary amides is 1. The van der Waals surface area contributed by atoms with Crippen LogP contribution in [0.1, 0.15) is 43.7 Å². The third-order valence-electron chi connectivity index (χ3n) is 3.57. The predicted octanol–water partition coefficient (Wildman–Crippen LogP) is 3.44. The summed E-state index contributed by atoms with van der Waals surface area (Å²) >= 11 is 12.0.